The fourth-order valence-corrected chi connectivity index (χ4v) is 1.73. The van der Waals surface area contributed by atoms with Gasteiger partial charge in [-0.2, -0.15) is 0 Å². The summed E-state index contributed by atoms with van der Waals surface area (Å²) in [5.74, 6) is 0.833. The van der Waals surface area contributed by atoms with Gasteiger partial charge in [-0.3, -0.25) is 0 Å². The van der Waals surface area contributed by atoms with E-state index in [0.717, 1.165) is 22.4 Å². The van der Waals surface area contributed by atoms with Gasteiger partial charge >= 0.3 is 0 Å². The molecule has 0 fully saturated rings. The third-order valence-electron chi connectivity index (χ3n) is 2.50. The van der Waals surface area contributed by atoms with E-state index in [1.54, 1.807) is 6.20 Å². The van der Waals surface area contributed by atoms with Gasteiger partial charge in [0.15, 0.2) is 5.58 Å². The summed E-state index contributed by atoms with van der Waals surface area (Å²) < 4.78 is 5.68. The molecule has 16 heavy (non-hydrogen) atoms. The van der Waals surface area contributed by atoms with E-state index in [9.17, 15) is 0 Å². The number of rotatable bonds is 1. The zero-order valence-corrected chi connectivity index (χ0v) is 8.84. The van der Waals surface area contributed by atoms with E-state index in [2.05, 4.69) is 29.0 Å². The van der Waals surface area contributed by atoms with E-state index in [1.165, 1.54) is 11.9 Å². The van der Waals surface area contributed by atoms with Crippen molar-refractivity contribution in [3.8, 4) is 11.3 Å². The summed E-state index contributed by atoms with van der Waals surface area (Å²) in [6, 6.07) is 10.1. The van der Waals surface area contributed by atoms with Crippen LogP contribution in [0.4, 0.5) is 0 Å². The van der Waals surface area contributed by atoms with Crippen LogP contribution in [0.25, 0.3) is 22.4 Å². The molecule has 0 spiro atoms. The summed E-state index contributed by atoms with van der Waals surface area (Å²) in [6.45, 7) is 2.06. The van der Waals surface area contributed by atoms with Gasteiger partial charge in [-0.25, -0.2) is 9.97 Å². The lowest BCUT2D eigenvalue weighted by Gasteiger charge is -1.97. The standard InChI is InChI=1S/C13H10N2O/c1-9-3-2-4-10(5-9)12-6-11-13(16-12)7-14-8-15-11/h2-8H,1H3. The summed E-state index contributed by atoms with van der Waals surface area (Å²) in [6.07, 6.45) is 3.21. The molecule has 3 aromatic rings. The van der Waals surface area contributed by atoms with Gasteiger partial charge < -0.3 is 4.42 Å². The molecule has 2 heterocycles. The van der Waals surface area contributed by atoms with Crippen LogP contribution >= 0.6 is 0 Å². The zero-order chi connectivity index (χ0) is 11.0. The monoisotopic (exact) mass is 210 g/mol. The Morgan fingerprint density at radius 2 is 2.12 bits per heavy atom. The second kappa shape index (κ2) is 3.45. The highest BCUT2D eigenvalue weighted by Crippen LogP contribution is 2.26. The molecule has 0 bridgehead atoms. The van der Waals surface area contributed by atoms with Gasteiger partial charge in [-0.15, -0.1) is 0 Å². The lowest BCUT2D eigenvalue weighted by Crippen LogP contribution is -1.75. The van der Waals surface area contributed by atoms with Crippen LogP contribution in [0.1, 0.15) is 5.56 Å². The average molecular weight is 210 g/mol. The number of benzene rings is 1. The van der Waals surface area contributed by atoms with Crippen LogP contribution in [0.5, 0.6) is 0 Å². The Morgan fingerprint density at radius 3 is 2.94 bits per heavy atom. The van der Waals surface area contributed by atoms with Crippen LogP contribution in [-0.4, -0.2) is 9.97 Å². The van der Waals surface area contributed by atoms with E-state index in [1.807, 2.05) is 18.2 Å². The molecule has 0 radical (unpaired) electrons. The van der Waals surface area contributed by atoms with Crippen LogP contribution in [0.15, 0.2) is 47.3 Å². The van der Waals surface area contributed by atoms with E-state index >= 15 is 0 Å². The van der Waals surface area contributed by atoms with Crippen LogP contribution in [-0.2, 0) is 0 Å². The van der Waals surface area contributed by atoms with Crippen LogP contribution < -0.4 is 0 Å². The molecule has 0 N–H and O–H groups in total. The number of aryl methyl sites for hydroxylation is 1. The maximum Gasteiger partial charge on any atom is 0.171 e. The summed E-state index contributed by atoms with van der Waals surface area (Å²) in [5.41, 5.74) is 3.84. The molecule has 0 aliphatic rings. The van der Waals surface area contributed by atoms with Crippen molar-refractivity contribution in [2.75, 3.05) is 0 Å². The van der Waals surface area contributed by atoms with Gasteiger partial charge in [-0.05, 0) is 13.0 Å². The Hall–Kier alpha value is -2.16. The predicted molar refractivity (Wildman–Crippen MR) is 62.0 cm³/mol. The van der Waals surface area contributed by atoms with Gasteiger partial charge in [0.25, 0.3) is 0 Å². The highest BCUT2D eigenvalue weighted by atomic mass is 16.3. The molecule has 0 aliphatic carbocycles. The lowest BCUT2D eigenvalue weighted by atomic mass is 10.1. The zero-order valence-electron chi connectivity index (χ0n) is 8.84. The maximum absolute atomic E-state index is 5.68. The molecule has 0 atom stereocenters. The Labute approximate surface area is 92.8 Å². The van der Waals surface area contributed by atoms with Crippen molar-refractivity contribution in [1.82, 2.24) is 9.97 Å². The van der Waals surface area contributed by atoms with E-state index in [0.29, 0.717) is 0 Å². The molecule has 78 valence electrons. The Kier molecular flexibility index (Phi) is 1.96. The fourth-order valence-electron chi connectivity index (χ4n) is 1.73. The Balaban J connectivity index is 2.19. The molecule has 3 heteroatoms. The third kappa shape index (κ3) is 1.46. The van der Waals surface area contributed by atoms with Crippen molar-refractivity contribution in [3.63, 3.8) is 0 Å². The molecule has 3 nitrogen and oxygen atoms in total. The summed E-state index contributed by atoms with van der Waals surface area (Å²) in [5, 5.41) is 0. The number of aromatic nitrogens is 2. The van der Waals surface area contributed by atoms with Crippen molar-refractivity contribution in [1.29, 1.82) is 0 Å². The molecular weight excluding hydrogens is 200 g/mol. The van der Waals surface area contributed by atoms with Crippen molar-refractivity contribution in [2.24, 2.45) is 0 Å². The van der Waals surface area contributed by atoms with E-state index in [4.69, 9.17) is 4.42 Å². The minimum absolute atomic E-state index is 0.721. The van der Waals surface area contributed by atoms with Crippen molar-refractivity contribution < 1.29 is 4.42 Å². The molecular formula is C13H10N2O. The number of furan rings is 1. The Bertz CT molecular complexity index is 610. The van der Waals surface area contributed by atoms with Crippen LogP contribution in [0.2, 0.25) is 0 Å². The van der Waals surface area contributed by atoms with Gasteiger partial charge in [0.05, 0.1) is 6.20 Å². The first-order valence-electron chi connectivity index (χ1n) is 5.09. The molecule has 0 aliphatic heterocycles. The highest BCUT2D eigenvalue weighted by molar-refractivity contribution is 5.78. The summed E-state index contributed by atoms with van der Waals surface area (Å²) in [4.78, 5) is 8.08. The summed E-state index contributed by atoms with van der Waals surface area (Å²) >= 11 is 0. The second-order valence-electron chi connectivity index (χ2n) is 3.75. The van der Waals surface area contributed by atoms with E-state index < -0.39 is 0 Å². The lowest BCUT2D eigenvalue weighted by molar-refractivity contribution is 0.629. The first-order chi connectivity index (χ1) is 7.83. The average Bonchev–Trinajstić information content (AvgIpc) is 2.72. The minimum Gasteiger partial charge on any atom is -0.453 e. The normalized spacial score (nSPS) is 10.8. The summed E-state index contributed by atoms with van der Waals surface area (Å²) in [7, 11) is 0. The topological polar surface area (TPSA) is 38.9 Å². The minimum atomic E-state index is 0.721. The van der Waals surface area contributed by atoms with Crippen LogP contribution in [0, 0.1) is 6.92 Å². The smallest absolute Gasteiger partial charge is 0.171 e. The molecule has 2 aromatic heterocycles. The number of hydrogen-bond acceptors (Lipinski definition) is 3. The van der Waals surface area contributed by atoms with Crippen molar-refractivity contribution >= 4 is 11.1 Å². The van der Waals surface area contributed by atoms with Crippen molar-refractivity contribution in [3.05, 3.63) is 48.4 Å². The quantitative estimate of drug-likeness (QED) is 0.619. The fraction of sp³-hybridized carbons (Fsp3) is 0.0769. The van der Waals surface area contributed by atoms with Crippen molar-refractivity contribution in [2.45, 2.75) is 6.92 Å². The molecule has 0 saturated carbocycles. The molecule has 3 rings (SSSR count). The molecule has 0 saturated heterocycles. The maximum atomic E-state index is 5.68. The number of fused-ring (bicyclic) bond motifs is 1. The first-order valence-corrected chi connectivity index (χ1v) is 5.09. The predicted octanol–water partition coefficient (Wildman–Crippen LogP) is 3.20. The first kappa shape index (κ1) is 9.09. The van der Waals surface area contributed by atoms with Gasteiger partial charge in [-0.1, -0.05) is 23.8 Å². The largest absolute Gasteiger partial charge is 0.453 e. The van der Waals surface area contributed by atoms with Gasteiger partial charge in [0, 0.05) is 11.6 Å². The molecule has 1 aromatic carbocycles. The van der Waals surface area contributed by atoms with E-state index in [-0.39, 0.29) is 0 Å². The van der Waals surface area contributed by atoms with Gasteiger partial charge in [0.1, 0.15) is 17.6 Å². The third-order valence-corrected chi connectivity index (χ3v) is 2.50. The molecule has 0 amide bonds. The SMILES string of the molecule is Cc1cccc(-c2cc3ncncc3o2)c1. The number of hydrogen-bond donors (Lipinski definition) is 0. The van der Waals surface area contributed by atoms with Crippen LogP contribution in [0.3, 0.4) is 0 Å². The second-order valence-corrected chi connectivity index (χ2v) is 3.75. The van der Waals surface area contributed by atoms with Gasteiger partial charge in [0.2, 0.25) is 0 Å². The number of nitrogens with zero attached hydrogens (tertiary/aromatic N) is 2. The Morgan fingerprint density at radius 1 is 1.19 bits per heavy atom. The highest BCUT2D eigenvalue weighted by Gasteiger charge is 2.06. The molecule has 0 unspecified atom stereocenters.